The molecule has 1 N–H and O–H groups in total. The van der Waals surface area contributed by atoms with E-state index in [0.717, 1.165) is 0 Å². The summed E-state index contributed by atoms with van der Waals surface area (Å²) in [6.45, 7) is -0.487. The molecule has 0 amide bonds. The van der Waals surface area contributed by atoms with E-state index in [1.54, 1.807) is 0 Å². The van der Waals surface area contributed by atoms with Crippen molar-refractivity contribution in [3.05, 3.63) is 0 Å². The number of carboxylic acids is 1. The van der Waals surface area contributed by atoms with Crippen LogP contribution in [0.5, 0.6) is 0 Å². The lowest BCUT2D eigenvalue weighted by Crippen LogP contribution is -2.07. The van der Waals surface area contributed by atoms with Gasteiger partial charge in [0.1, 0.15) is 0 Å². The van der Waals surface area contributed by atoms with Crippen molar-refractivity contribution in [1.29, 1.82) is 0 Å². The van der Waals surface area contributed by atoms with Gasteiger partial charge in [-0.1, -0.05) is 0 Å². The number of rotatable bonds is 6. The minimum Gasteiger partial charge on any atom is -0.481 e. The maximum absolute atomic E-state index is 11.5. The number of carboxylic acid groups (broad SMARTS) is 1. The van der Waals surface area contributed by atoms with Crippen LogP contribution in [0.4, 0.5) is 4.39 Å². The molecule has 11 heavy (non-hydrogen) atoms. The van der Waals surface area contributed by atoms with Crippen LogP contribution in [0.1, 0.15) is 12.8 Å². The van der Waals surface area contributed by atoms with Crippen molar-refractivity contribution in [3.8, 4) is 0 Å². The largest absolute Gasteiger partial charge is 0.481 e. The highest BCUT2D eigenvalue weighted by atomic mass is 32.2. The van der Waals surface area contributed by atoms with Crippen LogP contribution < -0.4 is 0 Å². The fourth-order valence-corrected chi connectivity index (χ4v) is 1.56. The highest BCUT2D eigenvalue weighted by molar-refractivity contribution is 7.84. The van der Waals surface area contributed by atoms with Crippen molar-refractivity contribution in [2.75, 3.05) is 18.2 Å². The molecule has 0 rings (SSSR count). The van der Waals surface area contributed by atoms with Crippen molar-refractivity contribution >= 4 is 16.8 Å². The third-order valence-electron chi connectivity index (χ3n) is 1.05. The van der Waals surface area contributed by atoms with Crippen LogP contribution >= 0.6 is 0 Å². The first-order chi connectivity index (χ1) is 5.16. The Labute approximate surface area is 67.1 Å². The zero-order valence-corrected chi connectivity index (χ0v) is 6.90. The molecule has 0 spiro atoms. The van der Waals surface area contributed by atoms with E-state index in [0.29, 0.717) is 0 Å². The highest BCUT2D eigenvalue weighted by Gasteiger charge is 2.02. The Morgan fingerprint density at radius 1 is 1.45 bits per heavy atom. The molecule has 0 fully saturated rings. The first-order valence-electron chi connectivity index (χ1n) is 3.29. The Bertz CT molecular complexity index is 149. The topological polar surface area (TPSA) is 54.4 Å². The second-order valence-corrected chi connectivity index (χ2v) is 3.73. The van der Waals surface area contributed by atoms with Gasteiger partial charge in [-0.25, -0.2) is 0 Å². The van der Waals surface area contributed by atoms with Crippen LogP contribution in [0.3, 0.4) is 0 Å². The van der Waals surface area contributed by atoms with E-state index < -0.39 is 23.4 Å². The number of hydrogen-bond acceptors (Lipinski definition) is 2. The van der Waals surface area contributed by atoms with Gasteiger partial charge in [0.2, 0.25) is 0 Å². The van der Waals surface area contributed by atoms with E-state index in [1.165, 1.54) is 0 Å². The van der Waals surface area contributed by atoms with Gasteiger partial charge >= 0.3 is 5.97 Å². The third kappa shape index (κ3) is 7.45. The predicted molar refractivity (Wildman–Crippen MR) is 40.7 cm³/mol. The Morgan fingerprint density at radius 3 is 2.55 bits per heavy atom. The van der Waals surface area contributed by atoms with Crippen LogP contribution in [0.2, 0.25) is 0 Å². The minimum atomic E-state index is -1.16. The molecule has 0 radical (unpaired) electrons. The molecule has 1 atom stereocenters. The average Bonchev–Trinajstić information content (AvgIpc) is 1.97. The van der Waals surface area contributed by atoms with Gasteiger partial charge in [-0.2, -0.15) is 0 Å². The van der Waals surface area contributed by atoms with Crippen molar-refractivity contribution in [2.24, 2.45) is 0 Å². The molecule has 0 saturated heterocycles. The SMILES string of the molecule is O=C(O)CCS(=O)CCCF. The molecule has 0 saturated carbocycles. The van der Waals surface area contributed by atoms with E-state index in [1.807, 2.05) is 0 Å². The predicted octanol–water partition coefficient (Wildman–Crippen LogP) is 0.569. The monoisotopic (exact) mass is 182 g/mol. The smallest absolute Gasteiger partial charge is 0.304 e. The quantitative estimate of drug-likeness (QED) is 0.653. The third-order valence-corrected chi connectivity index (χ3v) is 2.45. The van der Waals surface area contributed by atoms with Crippen LogP contribution in [0, 0.1) is 0 Å². The molecule has 66 valence electrons. The molecule has 0 aromatic carbocycles. The summed E-state index contributed by atoms with van der Waals surface area (Å²) in [5.41, 5.74) is 0. The Morgan fingerprint density at radius 2 is 2.09 bits per heavy atom. The fraction of sp³-hybridized carbons (Fsp3) is 0.833. The maximum Gasteiger partial charge on any atom is 0.304 e. The molecule has 0 aliphatic rings. The summed E-state index contributed by atoms with van der Waals surface area (Å²) in [6.07, 6.45) is 0.158. The standard InChI is InChI=1S/C6H11FO3S/c7-3-1-4-11(10)5-2-6(8)9/h1-5H2,(H,8,9). The van der Waals surface area contributed by atoms with Gasteiger partial charge in [0, 0.05) is 22.3 Å². The number of hydrogen-bond donors (Lipinski definition) is 1. The number of halogens is 1. The van der Waals surface area contributed by atoms with E-state index in [-0.39, 0.29) is 24.3 Å². The summed E-state index contributed by atoms with van der Waals surface area (Å²) < 4.78 is 22.3. The summed E-state index contributed by atoms with van der Waals surface area (Å²) in [6, 6.07) is 0. The van der Waals surface area contributed by atoms with Gasteiger partial charge in [0.05, 0.1) is 13.1 Å². The van der Waals surface area contributed by atoms with Gasteiger partial charge in [0.25, 0.3) is 0 Å². The molecule has 5 heteroatoms. The molecule has 0 aliphatic carbocycles. The summed E-state index contributed by atoms with van der Waals surface area (Å²) in [5, 5.41) is 8.18. The molecular formula is C6H11FO3S. The Balaban J connectivity index is 3.30. The van der Waals surface area contributed by atoms with Crippen LogP contribution in [0.25, 0.3) is 0 Å². The zero-order valence-electron chi connectivity index (χ0n) is 6.09. The molecule has 0 heterocycles. The molecular weight excluding hydrogens is 171 g/mol. The highest BCUT2D eigenvalue weighted by Crippen LogP contribution is 1.91. The zero-order chi connectivity index (χ0) is 8.69. The van der Waals surface area contributed by atoms with Crippen molar-refractivity contribution in [2.45, 2.75) is 12.8 Å². The Hall–Kier alpha value is -0.450. The minimum absolute atomic E-state index is 0.0983. The van der Waals surface area contributed by atoms with Crippen LogP contribution in [-0.4, -0.2) is 33.5 Å². The van der Waals surface area contributed by atoms with Crippen LogP contribution in [-0.2, 0) is 15.6 Å². The van der Waals surface area contributed by atoms with E-state index in [2.05, 4.69) is 0 Å². The fourth-order valence-electron chi connectivity index (χ4n) is 0.519. The maximum atomic E-state index is 11.5. The second kappa shape index (κ2) is 6.27. The Kier molecular flexibility index (Phi) is 6.02. The van der Waals surface area contributed by atoms with Gasteiger partial charge in [-0.05, 0) is 6.42 Å². The van der Waals surface area contributed by atoms with Crippen molar-refractivity contribution in [1.82, 2.24) is 0 Å². The number of carbonyl (C=O) groups is 1. The van der Waals surface area contributed by atoms with Gasteiger partial charge in [0.15, 0.2) is 0 Å². The average molecular weight is 182 g/mol. The van der Waals surface area contributed by atoms with Gasteiger partial charge in [-0.3, -0.25) is 13.4 Å². The summed E-state index contributed by atoms with van der Waals surface area (Å²) in [5.74, 6) is -0.558. The number of aliphatic carboxylic acids is 1. The lowest BCUT2D eigenvalue weighted by atomic mass is 10.5. The molecule has 0 aromatic heterocycles. The summed E-state index contributed by atoms with van der Waals surface area (Å²) >= 11 is 0. The van der Waals surface area contributed by atoms with Crippen molar-refractivity contribution < 1.29 is 18.5 Å². The van der Waals surface area contributed by atoms with Gasteiger partial charge < -0.3 is 5.11 Å². The first kappa shape index (κ1) is 10.6. The van der Waals surface area contributed by atoms with Crippen LogP contribution in [0.15, 0.2) is 0 Å². The number of alkyl halides is 1. The molecule has 0 bridgehead atoms. The van der Waals surface area contributed by atoms with E-state index in [4.69, 9.17) is 5.11 Å². The summed E-state index contributed by atoms with van der Waals surface area (Å²) in [7, 11) is -1.16. The molecule has 0 aromatic rings. The van der Waals surface area contributed by atoms with Gasteiger partial charge in [-0.15, -0.1) is 0 Å². The molecule has 0 aliphatic heterocycles. The molecule has 3 nitrogen and oxygen atoms in total. The first-order valence-corrected chi connectivity index (χ1v) is 4.78. The normalized spacial score (nSPS) is 12.8. The molecule has 1 unspecified atom stereocenters. The lowest BCUT2D eigenvalue weighted by Gasteiger charge is -1.96. The van der Waals surface area contributed by atoms with Crippen molar-refractivity contribution in [3.63, 3.8) is 0 Å². The van der Waals surface area contributed by atoms with E-state index >= 15 is 0 Å². The second-order valence-electron chi connectivity index (χ2n) is 2.03. The van der Waals surface area contributed by atoms with E-state index in [9.17, 15) is 13.4 Å². The summed E-state index contributed by atoms with van der Waals surface area (Å²) in [4.78, 5) is 9.97. The lowest BCUT2D eigenvalue weighted by molar-refractivity contribution is -0.136.